The lowest BCUT2D eigenvalue weighted by molar-refractivity contribution is -0.114. The van der Waals surface area contributed by atoms with Crippen molar-refractivity contribution in [2.24, 2.45) is 0 Å². The minimum atomic E-state index is -1.17. The molecular formula is C15H11F3N2O2. The minimum absolute atomic E-state index is 0.00457. The van der Waals surface area contributed by atoms with Crippen LogP contribution in [0.5, 0.6) is 0 Å². The first-order chi connectivity index (χ1) is 10.4. The van der Waals surface area contributed by atoms with Crippen LogP contribution in [-0.4, -0.2) is 11.8 Å². The smallest absolute Gasteiger partial charge is 0.255 e. The summed E-state index contributed by atoms with van der Waals surface area (Å²) < 4.78 is 39.2. The van der Waals surface area contributed by atoms with Gasteiger partial charge in [-0.25, -0.2) is 13.2 Å². The van der Waals surface area contributed by atoms with Crippen molar-refractivity contribution >= 4 is 23.2 Å². The van der Waals surface area contributed by atoms with E-state index in [2.05, 4.69) is 10.6 Å². The van der Waals surface area contributed by atoms with Crippen LogP contribution in [0.15, 0.2) is 36.4 Å². The number of halogens is 3. The van der Waals surface area contributed by atoms with Crippen molar-refractivity contribution in [2.75, 3.05) is 10.6 Å². The molecule has 2 aromatic rings. The highest BCUT2D eigenvalue weighted by Crippen LogP contribution is 2.23. The van der Waals surface area contributed by atoms with E-state index in [1.807, 2.05) is 0 Å². The zero-order valence-electron chi connectivity index (χ0n) is 11.4. The average molecular weight is 308 g/mol. The van der Waals surface area contributed by atoms with Crippen molar-refractivity contribution in [3.05, 3.63) is 59.4 Å². The Balaban J connectivity index is 2.29. The summed E-state index contributed by atoms with van der Waals surface area (Å²) >= 11 is 0. The molecule has 7 heteroatoms. The van der Waals surface area contributed by atoms with E-state index in [0.717, 1.165) is 30.3 Å². The lowest BCUT2D eigenvalue weighted by Crippen LogP contribution is -2.15. The molecule has 0 radical (unpaired) electrons. The minimum Gasteiger partial charge on any atom is -0.325 e. The van der Waals surface area contributed by atoms with Crippen LogP contribution in [0.3, 0.4) is 0 Å². The Bertz CT molecular complexity index is 748. The number of hydrogen-bond donors (Lipinski definition) is 2. The standard InChI is InChI=1S/C15H11F3N2O2/c1-8(21)19-13-5-3-10(16)7-14(13)20-15(22)9-2-4-11(17)12(18)6-9/h2-7H,1H3,(H,19,21)(H,20,22). The van der Waals surface area contributed by atoms with Crippen LogP contribution in [0.25, 0.3) is 0 Å². The van der Waals surface area contributed by atoms with Gasteiger partial charge in [-0.2, -0.15) is 0 Å². The topological polar surface area (TPSA) is 58.2 Å². The Hall–Kier alpha value is -2.83. The normalized spacial score (nSPS) is 10.2. The summed E-state index contributed by atoms with van der Waals surface area (Å²) in [6, 6.07) is 6.01. The molecule has 2 amide bonds. The summed E-state index contributed by atoms with van der Waals surface area (Å²) in [5, 5.41) is 4.76. The lowest BCUT2D eigenvalue weighted by atomic mass is 10.2. The highest BCUT2D eigenvalue weighted by Gasteiger charge is 2.13. The maximum atomic E-state index is 13.3. The van der Waals surface area contributed by atoms with Gasteiger partial charge in [-0.1, -0.05) is 0 Å². The van der Waals surface area contributed by atoms with Crippen molar-refractivity contribution < 1.29 is 22.8 Å². The monoisotopic (exact) mass is 308 g/mol. The van der Waals surface area contributed by atoms with Crippen LogP contribution in [0, 0.1) is 17.5 Å². The maximum absolute atomic E-state index is 13.3. The fraction of sp³-hybridized carbons (Fsp3) is 0.0667. The van der Waals surface area contributed by atoms with Gasteiger partial charge in [-0.05, 0) is 36.4 Å². The molecule has 0 spiro atoms. The van der Waals surface area contributed by atoms with Crippen LogP contribution in [0.4, 0.5) is 24.5 Å². The molecule has 0 aromatic heterocycles. The fourth-order valence-electron chi connectivity index (χ4n) is 1.75. The Labute approximate surface area is 124 Å². The molecule has 0 aliphatic heterocycles. The van der Waals surface area contributed by atoms with Crippen molar-refractivity contribution in [1.82, 2.24) is 0 Å². The predicted molar refractivity (Wildman–Crippen MR) is 75.0 cm³/mol. The van der Waals surface area contributed by atoms with Crippen LogP contribution in [0.2, 0.25) is 0 Å². The summed E-state index contributed by atoms with van der Waals surface area (Å²) in [4.78, 5) is 23.1. The Kier molecular flexibility index (Phi) is 4.45. The zero-order chi connectivity index (χ0) is 16.3. The number of anilines is 2. The molecule has 0 saturated heterocycles. The second kappa shape index (κ2) is 6.30. The molecule has 0 unspecified atom stereocenters. The number of rotatable bonds is 3. The number of hydrogen-bond acceptors (Lipinski definition) is 2. The van der Waals surface area contributed by atoms with Crippen molar-refractivity contribution in [3.8, 4) is 0 Å². The first kappa shape index (κ1) is 15.6. The van der Waals surface area contributed by atoms with Crippen molar-refractivity contribution in [3.63, 3.8) is 0 Å². The fourth-order valence-corrected chi connectivity index (χ4v) is 1.75. The highest BCUT2D eigenvalue weighted by atomic mass is 19.2. The van der Waals surface area contributed by atoms with Crippen LogP contribution >= 0.6 is 0 Å². The summed E-state index contributed by atoms with van der Waals surface area (Å²) in [5.74, 6) is -4.06. The van der Waals surface area contributed by atoms with E-state index in [9.17, 15) is 22.8 Å². The number of amides is 2. The van der Waals surface area contributed by atoms with Gasteiger partial charge >= 0.3 is 0 Å². The van der Waals surface area contributed by atoms with Crippen LogP contribution in [-0.2, 0) is 4.79 Å². The third kappa shape index (κ3) is 3.63. The summed E-state index contributed by atoms with van der Waals surface area (Å²) in [5.41, 5.74) is 0.0479. The Morgan fingerprint density at radius 1 is 0.864 bits per heavy atom. The molecule has 114 valence electrons. The summed E-state index contributed by atoms with van der Waals surface area (Å²) in [7, 11) is 0. The Morgan fingerprint density at radius 2 is 1.59 bits per heavy atom. The largest absolute Gasteiger partial charge is 0.325 e. The molecule has 0 aliphatic rings. The molecular weight excluding hydrogens is 297 g/mol. The number of nitrogens with one attached hydrogen (secondary N) is 2. The van der Waals surface area contributed by atoms with Gasteiger partial charge in [0.2, 0.25) is 5.91 Å². The quantitative estimate of drug-likeness (QED) is 0.914. The molecule has 0 fully saturated rings. The van der Waals surface area contributed by atoms with Gasteiger partial charge in [0.25, 0.3) is 5.91 Å². The van der Waals surface area contributed by atoms with Gasteiger partial charge in [0.05, 0.1) is 11.4 Å². The lowest BCUT2D eigenvalue weighted by Gasteiger charge is -2.11. The van der Waals surface area contributed by atoms with Gasteiger partial charge in [-0.15, -0.1) is 0 Å². The van der Waals surface area contributed by atoms with Gasteiger partial charge < -0.3 is 10.6 Å². The van der Waals surface area contributed by atoms with Gasteiger partial charge in [0.1, 0.15) is 5.82 Å². The van der Waals surface area contributed by atoms with E-state index in [4.69, 9.17) is 0 Å². The third-order valence-electron chi connectivity index (χ3n) is 2.72. The predicted octanol–water partition coefficient (Wildman–Crippen LogP) is 3.31. The zero-order valence-corrected chi connectivity index (χ0v) is 11.4. The van der Waals surface area contributed by atoms with E-state index in [1.165, 1.54) is 13.0 Å². The first-order valence-electron chi connectivity index (χ1n) is 6.20. The highest BCUT2D eigenvalue weighted by molar-refractivity contribution is 6.07. The van der Waals surface area contributed by atoms with E-state index < -0.39 is 29.3 Å². The second-order valence-corrected chi connectivity index (χ2v) is 4.45. The summed E-state index contributed by atoms with van der Waals surface area (Å²) in [6.07, 6.45) is 0. The number of benzene rings is 2. The van der Waals surface area contributed by atoms with Crippen LogP contribution in [0.1, 0.15) is 17.3 Å². The molecule has 2 aromatic carbocycles. The molecule has 0 bridgehead atoms. The molecule has 2 rings (SSSR count). The maximum Gasteiger partial charge on any atom is 0.255 e. The van der Waals surface area contributed by atoms with Gasteiger partial charge in [-0.3, -0.25) is 9.59 Å². The van der Waals surface area contributed by atoms with E-state index in [1.54, 1.807) is 0 Å². The second-order valence-electron chi connectivity index (χ2n) is 4.45. The average Bonchev–Trinajstić information content (AvgIpc) is 2.44. The first-order valence-corrected chi connectivity index (χ1v) is 6.20. The number of carbonyl (C=O) groups is 2. The molecule has 0 atom stereocenters. The van der Waals surface area contributed by atoms with Gasteiger partial charge in [0, 0.05) is 12.5 Å². The van der Waals surface area contributed by atoms with Crippen molar-refractivity contribution in [2.45, 2.75) is 6.92 Å². The Morgan fingerprint density at radius 3 is 2.23 bits per heavy atom. The molecule has 0 saturated carbocycles. The molecule has 4 nitrogen and oxygen atoms in total. The van der Waals surface area contributed by atoms with E-state index in [-0.39, 0.29) is 16.9 Å². The SMILES string of the molecule is CC(=O)Nc1ccc(F)cc1NC(=O)c1ccc(F)c(F)c1. The molecule has 2 N–H and O–H groups in total. The molecule has 0 heterocycles. The molecule has 22 heavy (non-hydrogen) atoms. The van der Waals surface area contributed by atoms with Crippen LogP contribution < -0.4 is 10.6 Å². The third-order valence-corrected chi connectivity index (χ3v) is 2.72. The van der Waals surface area contributed by atoms with E-state index >= 15 is 0 Å². The van der Waals surface area contributed by atoms with E-state index in [0.29, 0.717) is 0 Å². The van der Waals surface area contributed by atoms with Gasteiger partial charge in [0.15, 0.2) is 11.6 Å². The summed E-state index contributed by atoms with van der Waals surface area (Å²) in [6.45, 7) is 1.25. The van der Waals surface area contributed by atoms with Crippen molar-refractivity contribution in [1.29, 1.82) is 0 Å². The number of carbonyl (C=O) groups excluding carboxylic acids is 2. The molecule has 0 aliphatic carbocycles.